The summed E-state index contributed by atoms with van der Waals surface area (Å²) in [5, 5.41) is 4.30. The van der Waals surface area contributed by atoms with Crippen LogP contribution in [-0.2, 0) is 11.3 Å². The number of aromatic amines is 1. The van der Waals surface area contributed by atoms with Crippen LogP contribution in [0.4, 0.5) is 16.7 Å². The van der Waals surface area contributed by atoms with E-state index in [2.05, 4.69) is 30.2 Å². The van der Waals surface area contributed by atoms with Crippen molar-refractivity contribution < 1.29 is 14.3 Å². The summed E-state index contributed by atoms with van der Waals surface area (Å²) in [4.78, 5) is 46.9. The van der Waals surface area contributed by atoms with Crippen LogP contribution in [0.2, 0.25) is 5.02 Å². The summed E-state index contributed by atoms with van der Waals surface area (Å²) in [6, 6.07) is 10.1. The Bertz CT molecular complexity index is 1550. The lowest BCUT2D eigenvalue weighted by molar-refractivity contribution is 0.178. The number of fused-ring (bicyclic) bond motifs is 1. The number of rotatable bonds is 8. The molecule has 1 aliphatic heterocycles. The van der Waals surface area contributed by atoms with Crippen molar-refractivity contribution in [1.29, 1.82) is 0 Å². The summed E-state index contributed by atoms with van der Waals surface area (Å²) < 4.78 is 11.0. The third kappa shape index (κ3) is 5.23. The molecule has 0 radical (unpaired) electrons. The summed E-state index contributed by atoms with van der Waals surface area (Å²) in [5.74, 6) is 1.32. The van der Waals surface area contributed by atoms with Gasteiger partial charge in [-0.3, -0.25) is 9.78 Å². The first-order valence-electron chi connectivity index (χ1n) is 12.2. The third-order valence-electron chi connectivity index (χ3n) is 6.22. The number of nitrogens with one attached hydrogen (secondary N) is 2. The van der Waals surface area contributed by atoms with Crippen LogP contribution >= 0.6 is 11.6 Å². The zero-order valence-electron chi connectivity index (χ0n) is 21.1. The van der Waals surface area contributed by atoms with E-state index in [4.69, 9.17) is 21.1 Å². The second-order valence-corrected chi connectivity index (χ2v) is 9.32. The molecular formula is C26H26ClN7O4. The minimum absolute atomic E-state index is 0.152. The Morgan fingerprint density at radius 3 is 2.84 bits per heavy atom. The SMILES string of the molecule is CC[C@H]1COC(=O)N1c1nc(C)nc(NC(C)c2cc3cc(Cl)c(OCc4ccccn4)cc3[nH]c2=O)n1. The quantitative estimate of drug-likeness (QED) is 0.333. The minimum atomic E-state index is -0.493. The van der Waals surface area contributed by atoms with E-state index in [0.29, 0.717) is 34.1 Å². The van der Waals surface area contributed by atoms with Gasteiger partial charge in [0.1, 0.15) is 24.8 Å². The Morgan fingerprint density at radius 2 is 2.08 bits per heavy atom. The highest BCUT2D eigenvalue weighted by molar-refractivity contribution is 6.32. The molecular weight excluding hydrogens is 510 g/mol. The molecule has 2 atom stereocenters. The number of amides is 1. The van der Waals surface area contributed by atoms with Gasteiger partial charge < -0.3 is 19.8 Å². The van der Waals surface area contributed by atoms with Crippen LogP contribution in [-0.4, -0.2) is 43.7 Å². The number of cyclic esters (lactones) is 1. The van der Waals surface area contributed by atoms with Crippen LogP contribution in [0.5, 0.6) is 5.75 Å². The normalized spacial score (nSPS) is 15.9. The van der Waals surface area contributed by atoms with Gasteiger partial charge in [0.05, 0.1) is 28.3 Å². The van der Waals surface area contributed by atoms with Crippen molar-refractivity contribution in [1.82, 2.24) is 24.9 Å². The molecule has 12 heteroatoms. The molecule has 1 aliphatic rings. The van der Waals surface area contributed by atoms with Gasteiger partial charge >= 0.3 is 6.09 Å². The second kappa shape index (κ2) is 10.6. The Morgan fingerprint density at radius 1 is 1.24 bits per heavy atom. The molecule has 1 fully saturated rings. The molecule has 1 amide bonds. The van der Waals surface area contributed by atoms with E-state index >= 15 is 0 Å². The standard InChI is InChI=1S/C26H26ClN7O4/c1-4-18-13-38-26(36)34(18)25-31-15(3)30-24(33-25)29-14(2)19-9-16-10-20(27)22(11-21(16)32-23(19)35)37-12-17-7-5-6-8-28-17/h5-11,14,18H,4,12-13H2,1-3H3,(H,32,35)(H,29,30,31,33)/t14?,18-/m0/s1. The summed E-state index contributed by atoms with van der Waals surface area (Å²) in [6.45, 7) is 6.02. The third-order valence-corrected chi connectivity index (χ3v) is 6.52. The fraction of sp³-hybridized carbons (Fsp3) is 0.308. The molecule has 5 rings (SSSR count). The molecule has 0 spiro atoms. The number of ether oxygens (including phenoxy) is 2. The Labute approximate surface area is 223 Å². The average molecular weight is 536 g/mol. The van der Waals surface area contributed by atoms with Gasteiger partial charge in [-0.25, -0.2) is 9.69 Å². The number of aryl methyl sites for hydroxylation is 1. The van der Waals surface area contributed by atoms with Crippen LogP contribution in [0.25, 0.3) is 10.9 Å². The highest BCUT2D eigenvalue weighted by Crippen LogP contribution is 2.31. The van der Waals surface area contributed by atoms with E-state index in [0.717, 1.165) is 11.1 Å². The maximum Gasteiger partial charge on any atom is 0.417 e. The predicted octanol–water partition coefficient (Wildman–Crippen LogP) is 4.56. The van der Waals surface area contributed by atoms with Crippen molar-refractivity contribution in [2.24, 2.45) is 0 Å². The number of carbonyl (C=O) groups excluding carboxylic acids is 1. The van der Waals surface area contributed by atoms with Gasteiger partial charge in [0, 0.05) is 23.2 Å². The summed E-state index contributed by atoms with van der Waals surface area (Å²) in [6.07, 6.45) is 1.89. The largest absolute Gasteiger partial charge is 0.486 e. The Balaban J connectivity index is 1.38. The van der Waals surface area contributed by atoms with Crippen LogP contribution in [0.1, 0.15) is 43.4 Å². The van der Waals surface area contributed by atoms with Crippen molar-refractivity contribution in [2.45, 2.75) is 45.9 Å². The molecule has 4 aromatic rings. The molecule has 1 unspecified atom stereocenters. The molecule has 1 saturated heterocycles. The summed E-state index contributed by atoms with van der Waals surface area (Å²) in [7, 11) is 0. The zero-order chi connectivity index (χ0) is 26.8. The van der Waals surface area contributed by atoms with Crippen molar-refractivity contribution in [2.75, 3.05) is 16.8 Å². The number of benzene rings is 1. The highest BCUT2D eigenvalue weighted by atomic mass is 35.5. The van der Waals surface area contributed by atoms with E-state index in [1.54, 1.807) is 31.3 Å². The van der Waals surface area contributed by atoms with Crippen molar-refractivity contribution in [3.05, 3.63) is 75.1 Å². The van der Waals surface area contributed by atoms with Crippen LogP contribution in [0.3, 0.4) is 0 Å². The fourth-order valence-corrected chi connectivity index (χ4v) is 4.44. The van der Waals surface area contributed by atoms with Crippen LogP contribution in [0.15, 0.2) is 47.4 Å². The minimum Gasteiger partial charge on any atom is -0.486 e. The number of nitrogens with zero attached hydrogens (tertiary/aromatic N) is 5. The van der Waals surface area contributed by atoms with Crippen molar-refractivity contribution in [3.63, 3.8) is 0 Å². The fourth-order valence-electron chi connectivity index (χ4n) is 4.21. The maximum atomic E-state index is 13.0. The molecule has 2 N–H and O–H groups in total. The number of halogens is 1. The number of hydrogen-bond donors (Lipinski definition) is 2. The lowest BCUT2D eigenvalue weighted by Gasteiger charge is -2.20. The molecule has 0 saturated carbocycles. The number of pyridine rings is 2. The smallest absolute Gasteiger partial charge is 0.417 e. The first-order chi connectivity index (χ1) is 18.3. The van der Waals surface area contributed by atoms with Crippen LogP contribution < -0.4 is 20.5 Å². The van der Waals surface area contributed by atoms with E-state index < -0.39 is 12.1 Å². The van der Waals surface area contributed by atoms with E-state index in [1.807, 2.05) is 32.0 Å². The molecule has 0 aliphatic carbocycles. The lowest BCUT2D eigenvalue weighted by Crippen LogP contribution is -2.35. The Kier molecular flexibility index (Phi) is 7.10. The number of aromatic nitrogens is 5. The van der Waals surface area contributed by atoms with Gasteiger partial charge in [0.25, 0.3) is 5.56 Å². The van der Waals surface area contributed by atoms with E-state index in [-0.39, 0.29) is 36.7 Å². The molecule has 38 heavy (non-hydrogen) atoms. The van der Waals surface area contributed by atoms with Gasteiger partial charge in [0.15, 0.2) is 0 Å². The molecule has 4 heterocycles. The molecule has 11 nitrogen and oxygen atoms in total. The maximum absolute atomic E-state index is 13.0. The van der Waals surface area contributed by atoms with Gasteiger partial charge in [-0.2, -0.15) is 15.0 Å². The molecule has 0 bridgehead atoms. The summed E-state index contributed by atoms with van der Waals surface area (Å²) >= 11 is 6.48. The topological polar surface area (TPSA) is 135 Å². The number of H-pyrrole nitrogens is 1. The van der Waals surface area contributed by atoms with E-state index in [9.17, 15) is 9.59 Å². The number of hydrogen-bond acceptors (Lipinski definition) is 9. The van der Waals surface area contributed by atoms with E-state index in [1.165, 1.54) is 4.90 Å². The number of carbonyl (C=O) groups is 1. The zero-order valence-corrected chi connectivity index (χ0v) is 21.8. The molecule has 1 aromatic carbocycles. The average Bonchev–Trinajstić information content (AvgIpc) is 3.28. The first kappa shape index (κ1) is 25.4. The molecule has 3 aromatic heterocycles. The summed E-state index contributed by atoms with van der Waals surface area (Å²) in [5.41, 5.74) is 1.52. The Hall–Kier alpha value is -4.25. The van der Waals surface area contributed by atoms with Crippen LogP contribution in [0, 0.1) is 6.92 Å². The predicted molar refractivity (Wildman–Crippen MR) is 143 cm³/mol. The number of anilines is 2. The van der Waals surface area contributed by atoms with Gasteiger partial charge in [-0.1, -0.05) is 24.6 Å². The second-order valence-electron chi connectivity index (χ2n) is 8.91. The van der Waals surface area contributed by atoms with Gasteiger partial charge in [-0.15, -0.1) is 0 Å². The monoisotopic (exact) mass is 535 g/mol. The van der Waals surface area contributed by atoms with Gasteiger partial charge in [-0.05, 0) is 44.5 Å². The lowest BCUT2D eigenvalue weighted by atomic mass is 10.1. The van der Waals surface area contributed by atoms with Crippen molar-refractivity contribution >= 4 is 40.5 Å². The highest BCUT2D eigenvalue weighted by Gasteiger charge is 2.35. The first-order valence-corrected chi connectivity index (χ1v) is 12.5. The molecule has 196 valence electrons. The van der Waals surface area contributed by atoms with Gasteiger partial charge in [0.2, 0.25) is 11.9 Å². The van der Waals surface area contributed by atoms with Crippen molar-refractivity contribution in [3.8, 4) is 5.75 Å².